The minimum Gasteiger partial charge on any atom is -0.372 e. The van der Waals surface area contributed by atoms with E-state index < -0.39 is 0 Å². The average molecular weight is 190 g/mol. The van der Waals surface area contributed by atoms with E-state index in [0.717, 1.165) is 13.1 Å². The second kappa shape index (κ2) is 4.01. The topological polar surface area (TPSA) is 12.5 Å². The molecule has 1 fully saturated rings. The summed E-state index contributed by atoms with van der Waals surface area (Å²) >= 11 is 0. The van der Waals surface area contributed by atoms with Crippen LogP contribution in [-0.4, -0.2) is 25.3 Å². The Morgan fingerprint density at radius 3 is 2.64 bits per heavy atom. The van der Waals surface area contributed by atoms with Gasteiger partial charge in [0.15, 0.2) is 0 Å². The van der Waals surface area contributed by atoms with Crippen LogP contribution in [0.5, 0.6) is 0 Å². The molecular formula is C12H16NO. The molecule has 1 aromatic carbocycles. The Hall–Kier alpha value is -1.02. The maximum Gasteiger partial charge on any atom is 0.0726 e. The van der Waals surface area contributed by atoms with Crippen LogP contribution in [0, 0.1) is 6.07 Å². The van der Waals surface area contributed by atoms with Crippen LogP contribution >= 0.6 is 0 Å². The molecule has 0 bridgehead atoms. The molecule has 0 aromatic heterocycles. The minimum absolute atomic E-state index is 0.318. The molecule has 1 heterocycles. The fourth-order valence-corrected chi connectivity index (χ4v) is 1.97. The van der Waals surface area contributed by atoms with Crippen LogP contribution in [-0.2, 0) is 4.74 Å². The average Bonchev–Trinajstić information content (AvgIpc) is 2.18. The summed E-state index contributed by atoms with van der Waals surface area (Å²) in [6.45, 7) is 6.19. The molecule has 0 saturated carbocycles. The molecule has 75 valence electrons. The molecule has 1 aliphatic rings. The van der Waals surface area contributed by atoms with Crippen molar-refractivity contribution in [3.05, 3.63) is 30.3 Å². The first-order valence-corrected chi connectivity index (χ1v) is 5.12. The Labute approximate surface area is 85.5 Å². The minimum atomic E-state index is 0.318. The van der Waals surface area contributed by atoms with Gasteiger partial charge in [0.25, 0.3) is 0 Å². The second-order valence-electron chi connectivity index (χ2n) is 3.92. The summed E-state index contributed by atoms with van der Waals surface area (Å²) in [5.41, 5.74) is 1.24. The van der Waals surface area contributed by atoms with Gasteiger partial charge < -0.3 is 9.64 Å². The van der Waals surface area contributed by atoms with Crippen LogP contribution < -0.4 is 4.90 Å². The van der Waals surface area contributed by atoms with Gasteiger partial charge in [-0.25, -0.2) is 0 Å². The fourth-order valence-electron chi connectivity index (χ4n) is 1.97. The van der Waals surface area contributed by atoms with E-state index in [1.54, 1.807) is 0 Å². The summed E-state index contributed by atoms with van der Waals surface area (Å²) in [6, 6.07) is 11.2. The van der Waals surface area contributed by atoms with Gasteiger partial charge in [0.2, 0.25) is 0 Å². The quantitative estimate of drug-likeness (QED) is 0.672. The van der Waals surface area contributed by atoms with Crippen LogP contribution in [0.15, 0.2) is 24.3 Å². The molecule has 1 saturated heterocycles. The third-order valence-electron chi connectivity index (χ3n) is 2.48. The SMILES string of the molecule is CC1CN(c2c[c]ccc2)CC(C)O1. The van der Waals surface area contributed by atoms with Crippen LogP contribution in [0.1, 0.15) is 13.8 Å². The van der Waals surface area contributed by atoms with Crippen molar-refractivity contribution in [1.29, 1.82) is 0 Å². The predicted octanol–water partition coefficient (Wildman–Crippen LogP) is 2.10. The lowest BCUT2D eigenvalue weighted by Crippen LogP contribution is -2.45. The van der Waals surface area contributed by atoms with Crippen molar-refractivity contribution in [1.82, 2.24) is 0 Å². The zero-order valence-electron chi connectivity index (χ0n) is 8.73. The number of anilines is 1. The Kier molecular flexibility index (Phi) is 2.73. The molecule has 1 aliphatic heterocycles. The molecule has 2 heteroatoms. The highest BCUT2D eigenvalue weighted by Crippen LogP contribution is 2.19. The highest BCUT2D eigenvalue weighted by Gasteiger charge is 2.21. The molecule has 0 spiro atoms. The molecule has 2 rings (SSSR count). The standard InChI is InChI=1S/C12H16NO/c1-10-8-13(9-11(2)14-10)12-6-4-3-5-7-12/h3-4,6-7,10-11H,8-9H2,1-2H3. The van der Waals surface area contributed by atoms with Gasteiger partial charge in [0.05, 0.1) is 12.2 Å². The predicted molar refractivity (Wildman–Crippen MR) is 57.5 cm³/mol. The van der Waals surface area contributed by atoms with E-state index in [4.69, 9.17) is 4.74 Å². The van der Waals surface area contributed by atoms with Gasteiger partial charge >= 0.3 is 0 Å². The van der Waals surface area contributed by atoms with E-state index >= 15 is 0 Å². The van der Waals surface area contributed by atoms with Crippen molar-refractivity contribution in [3.63, 3.8) is 0 Å². The molecule has 1 radical (unpaired) electrons. The maximum atomic E-state index is 5.69. The molecule has 2 nitrogen and oxygen atoms in total. The normalized spacial score (nSPS) is 27.7. The molecule has 2 unspecified atom stereocenters. The maximum absolute atomic E-state index is 5.69. The summed E-state index contributed by atoms with van der Waals surface area (Å²) in [7, 11) is 0. The van der Waals surface area contributed by atoms with Crippen molar-refractivity contribution in [2.45, 2.75) is 26.1 Å². The summed E-state index contributed by atoms with van der Waals surface area (Å²) in [6.07, 6.45) is 0.637. The number of hydrogen-bond acceptors (Lipinski definition) is 2. The first-order valence-electron chi connectivity index (χ1n) is 5.12. The number of nitrogens with zero attached hydrogens (tertiary/aromatic N) is 1. The van der Waals surface area contributed by atoms with Gasteiger partial charge in [0, 0.05) is 18.8 Å². The molecule has 14 heavy (non-hydrogen) atoms. The smallest absolute Gasteiger partial charge is 0.0726 e. The molecule has 1 aromatic rings. The van der Waals surface area contributed by atoms with Crippen molar-refractivity contribution in [2.24, 2.45) is 0 Å². The van der Waals surface area contributed by atoms with E-state index in [0.29, 0.717) is 12.2 Å². The lowest BCUT2D eigenvalue weighted by molar-refractivity contribution is -0.00521. The number of benzene rings is 1. The zero-order chi connectivity index (χ0) is 9.97. The summed E-state index contributed by atoms with van der Waals surface area (Å²) in [5.74, 6) is 0. The Morgan fingerprint density at radius 1 is 1.36 bits per heavy atom. The largest absolute Gasteiger partial charge is 0.372 e. The van der Waals surface area contributed by atoms with Gasteiger partial charge in [0.1, 0.15) is 0 Å². The summed E-state index contributed by atoms with van der Waals surface area (Å²) in [5, 5.41) is 0. The van der Waals surface area contributed by atoms with E-state index in [-0.39, 0.29) is 0 Å². The highest BCUT2D eigenvalue weighted by molar-refractivity contribution is 5.46. The van der Waals surface area contributed by atoms with Gasteiger partial charge in [-0.15, -0.1) is 0 Å². The Bertz CT molecular complexity index is 276. The van der Waals surface area contributed by atoms with E-state index in [9.17, 15) is 0 Å². The van der Waals surface area contributed by atoms with E-state index in [2.05, 4.69) is 30.9 Å². The van der Waals surface area contributed by atoms with Crippen molar-refractivity contribution >= 4 is 5.69 Å². The third-order valence-corrected chi connectivity index (χ3v) is 2.48. The lowest BCUT2D eigenvalue weighted by Gasteiger charge is -2.36. The molecule has 0 N–H and O–H groups in total. The second-order valence-corrected chi connectivity index (χ2v) is 3.92. The van der Waals surface area contributed by atoms with Crippen molar-refractivity contribution < 1.29 is 4.74 Å². The summed E-state index contributed by atoms with van der Waals surface area (Å²) in [4.78, 5) is 2.36. The zero-order valence-corrected chi connectivity index (χ0v) is 8.73. The van der Waals surface area contributed by atoms with Crippen LogP contribution in [0.3, 0.4) is 0 Å². The third kappa shape index (κ3) is 2.07. The molecule has 2 atom stereocenters. The fraction of sp³-hybridized carbons (Fsp3) is 0.500. The van der Waals surface area contributed by atoms with Gasteiger partial charge in [-0.3, -0.25) is 0 Å². The van der Waals surface area contributed by atoms with Gasteiger partial charge in [-0.05, 0) is 32.0 Å². The lowest BCUT2D eigenvalue weighted by atomic mass is 10.2. The van der Waals surface area contributed by atoms with Crippen molar-refractivity contribution in [3.8, 4) is 0 Å². The molecular weight excluding hydrogens is 174 g/mol. The highest BCUT2D eigenvalue weighted by atomic mass is 16.5. The van der Waals surface area contributed by atoms with Crippen LogP contribution in [0.25, 0.3) is 0 Å². The number of morpholine rings is 1. The number of rotatable bonds is 1. The molecule has 0 amide bonds. The van der Waals surface area contributed by atoms with Crippen molar-refractivity contribution in [2.75, 3.05) is 18.0 Å². The Balaban J connectivity index is 2.11. The van der Waals surface area contributed by atoms with Crippen LogP contribution in [0.2, 0.25) is 0 Å². The number of ether oxygens (including phenoxy) is 1. The molecule has 0 aliphatic carbocycles. The Morgan fingerprint density at radius 2 is 2.07 bits per heavy atom. The van der Waals surface area contributed by atoms with E-state index in [1.807, 2.05) is 18.2 Å². The first kappa shape index (κ1) is 9.53. The summed E-state index contributed by atoms with van der Waals surface area (Å²) < 4.78 is 5.69. The first-order chi connectivity index (χ1) is 6.75. The van der Waals surface area contributed by atoms with Gasteiger partial charge in [-0.2, -0.15) is 0 Å². The van der Waals surface area contributed by atoms with Crippen LogP contribution in [0.4, 0.5) is 5.69 Å². The monoisotopic (exact) mass is 190 g/mol. The number of hydrogen-bond donors (Lipinski definition) is 0. The van der Waals surface area contributed by atoms with Gasteiger partial charge in [-0.1, -0.05) is 12.1 Å². The van der Waals surface area contributed by atoms with E-state index in [1.165, 1.54) is 5.69 Å².